The lowest BCUT2D eigenvalue weighted by molar-refractivity contribution is -0.131. The Morgan fingerprint density at radius 1 is 1.00 bits per heavy atom. The number of para-hydroxylation sites is 2. The van der Waals surface area contributed by atoms with Gasteiger partial charge in [0.05, 0.1) is 0 Å². The number of carbonyl (C=O) groups excluding carboxylic acids is 1. The van der Waals surface area contributed by atoms with Crippen molar-refractivity contribution in [2.45, 2.75) is 25.3 Å². The van der Waals surface area contributed by atoms with Gasteiger partial charge in [0.15, 0.2) is 0 Å². The molecular weight excluding hydrogens is 348 g/mol. The summed E-state index contributed by atoms with van der Waals surface area (Å²) in [4.78, 5) is 17.0. The standard InChI is InChI=1S/C23H30N4O/c28-23(27-17-15-26(16-18-27)19-7-2-1-3-8-19)12-14-25-22-11-6-13-24-21-10-5-4-9-20(21)22/h1-5,7-10,22,24-25H,6,11-18H2/t22-/m0/s1. The van der Waals surface area contributed by atoms with Crippen LogP contribution in [0.5, 0.6) is 0 Å². The first-order chi connectivity index (χ1) is 13.8. The Morgan fingerprint density at radius 3 is 2.57 bits per heavy atom. The zero-order valence-corrected chi connectivity index (χ0v) is 16.4. The highest BCUT2D eigenvalue weighted by molar-refractivity contribution is 5.76. The molecule has 5 heteroatoms. The number of rotatable bonds is 5. The molecule has 2 aliphatic rings. The van der Waals surface area contributed by atoms with E-state index in [0.717, 1.165) is 52.1 Å². The number of amides is 1. The molecule has 1 atom stereocenters. The molecule has 0 saturated carbocycles. The number of hydrogen-bond acceptors (Lipinski definition) is 4. The van der Waals surface area contributed by atoms with E-state index >= 15 is 0 Å². The second kappa shape index (κ2) is 9.11. The van der Waals surface area contributed by atoms with Crippen LogP contribution in [0.3, 0.4) is 0 Å². The number of fused-ring (bicyclic) bond motifs is 1. The summed E-state index contributed by atoms with van der Waals surface area (Å²) < 4.78 is 0. The Morgan fingerprint density at radius 2 is 1.75 bits per heavy atom. The van der Waals surface area contributed by atoms with Crippen molar-refractivity contribution in [2.24, 2.45) is 0 Å². The number of piperazine rings is 1. The van der Waals surface area contributed by atoms with Gasteiger partial charge in [-0.3, -0.25) is 4.79 Å². The fourth-order valence-corrected chi connectivity index (χ4v) is 4.22. The van der Waals surface area contributed by atoms with E-state index in [1.54, 1.807) is 0 Å². The number of nitrogens with zero attached hydrogens (tertiary/aromatic N) is 2. The van der Waals surface area contributed by atoms with Gasteiger partial charge in [0.2, 0.25) is 5.91 Å². The maximum Gasteiger partial charge on any atom is 0.223 e. The summed E-state index contributed by atoms with van der Waals surface area (Å²) in [5.74, 6) is 0.264. The minimum absolute atomic E-state index is 0.264. The number of benzene rings is 2. The lowest BCUT2D eigenvalue weighted by Gasteiger charge is -2.36. The number of carbonyl (C=O) groups is 1. The summed E-state index contributed by atoms with van der Waals surface area (Å²) in [6, 6.07) is 19.3. The molecule has 1 amide bonds. The zero-order chi connectivity index (χ0) is 19.2. The highest BCUT2D eigenvalue weighted by Gasteiger charge is 2.22. The van der Waals surface area contributed by atoms with E-state index in [1.165, 1.54) is 16.9 Å². The van der Waals surface area contributed by atoms with Crippen LogP contribution in [0.4, 0.5) is 11.4 Å². The van der Waals surface area contributed by atoms with Crippen molar-refractivity contribution >= 4 is 17.3 Å². The van der Waals surface area contributed by atoms with E-state index in [9.17, 15) is 4.79 Å². The average molecular weight is 379 g/mol. The molecule has 0 aliphatic carbocycles. The Balaban J connectivity index is 1.24. The summed E-state index contributed by atoms with van der Waals surface area (Å²) in [6.07, 6.45) is 2.81. The summed E-state index contributed by atoms with van der Waals surface area (Å²) >= 11 is 0. The van der Waals surface area contributed by atoms with Crippen LogP contribution >= 0.6 is 0 Å². The third-order valence-electron chi connectivity index (χ3n) is 5.80. The smallest absolute Gasteiger partial charge is 0.223 e. The van der Waals surface area contributed by atoms with E-state index in [0.29, 0.717) is 12.5 Å². The lowest BCUT2D eigenvalue weighted by Crippen LogP contribution is -2.49. The van der Waals surface area contributed by atoms with Crippen LogP contribution in [0.15, 0.2) is 54.6 Å². The molecule has 4 rings (SSSR count). The topological polar surface area (TPSA) is 47.6 Å². The molecule has 1 fully saturated rings. The van der Waals surface area contributed by atoms with Crippen LogP contribution in [-0.4, -0.2) is 50.1 Å². The van der Waals surface area contributed by atoms with E-state index < -0.39 is 0 Å². The van der Waals surface area contributed by atoms with Gasteiger partial charge in [-0.05, 0) is 36.6 Å². The third kappa shape index (κ3) is 4.47. The van der Waals surface area contributed by atoms with Crippen molar-refractivity contribution in [1.29, 1.82) is 0 Å². The third-order valence-corrected chi connectivity index (χ3v) is 5.80. The summed E-state index contributed by atoms with van der Waals surface area (Å²) in [5, 5.41) is 7.13. The van der Waals surface area contributed by atoms with Gasteiger partial charge >= 0.3 is 0 Å². The molecular formula is C23H30N4O. The monoisotopic (exact) mass is 378 g/mol. The maximum atomic E-state index is 12.7. The van der Waals surface area contributed by atoms with Gasteiger partial charge in [-0.2, -0.15) is 0 Å². The van der Waals surface area contributed by atoms with Gasteiger partial charge in [0, 0.05) is 63.1 Å². The van der Waals surface area contributed by atoms with Crippen LogP contribution in [0.1, 0.15) is 30.9 Å². The highest BCUT2D eigenvalue weighted by atomic mass is 16.2. The second-order valence-electron chi connectivity index (χ2n) is 7.62. The molecule has 0 radical (unpaired) electrons. The number of hydrogen-bond donors (Lipinski definition) is 2. The van der Waals surface area contributed by atoms with Crippen molar-refractivity contribution in [3.05, 3.63) is 60.2 Å². The number of nitrogens with one attached hydrogen (secondary N) is 2. The van der Waals surface area contributed by atoms with E-state index in [2.05, 4.69) is 64.1 Å². The average Bonchev–Trinajstić information content (AvgIpc) is 2.97. The quantitative estimate of drug-likeness (QED) is 0.838. The summed E-state index contributed by atoms with van der Waals surface area (Å²) in [6.45, 7) is 5.18. The van der Waals surface area contributed by atoms with E-state index in [4.69, 9.17) is 0 Å². The lowest BCUT2D eigenvalue weighted by atomic mass is 10.0. The molecule has 2 aliphatic heterocycles. The fourth-order valence-electron chi connectivity index (χ4n) is 4.22. The second-order valence-corrected chi connectivity index (χ2v) is 7.62. The molecule has 2 aromatic rings. The van der Waals surface area contributed by atoms with Gasteiger partial charge in [-0.15, -0.1) is 0 Å². The van der Waals surface area contributed by atoms with Crippen molar-refractivity contribution in [3.8, 4) is 0 Å². The predicted molar refractivity (Wildman–Crippen MR) is 115 cm³/mol. The highest BCUT2D eigenvalue weighted by Crippen LogP contribution is 2.29. The van der Waals surface area contributed by atoms with Gasteiger partial charge in [-0.1, -0.05) is 36.4 Å². The minimum Gasteiger partial charge on any atom is -0.385 e. The van der Waals surface area contributed by atoms with Crippen LogP contribution in [0.25, 0.3) is 0 Å². The molecule has 148 valence electrons. The molecule has 0 spiro atoms. The molecule has 5 nitrogen and oxygen atoms in total. The maximum absolute atomic E-state index is 12.7. The molecule has 2 N–H and O–H groups in total. The molecule has 1 saturated heterocycles. The fraction of sp³-hybridized carbons (Fsp3) is 0.435. The molecule has 0 aromatic heterocycles. The Kier molecular flexibility index (Phi) is 6.12. The largest absolute Gasteiger partial charge is 0.385 e. The van der Waals surface area contributed by atoms with Crippen LogP contribution in [0, 0.1) is 0 Å². The first kappa shape index (κ1) is 18.8. The zero-order valence-electron chi connectivity index (χ0n) is 16.4. The molecule has 0 bridgehead atoms. The minimum atomic E-state index is 0.264. The van der Waals surface area contributed by atoms with E-state index in [-0.39, 0.29) is 5.91 Å². The van der Waals surface area contributed by atoms with Gasteiger partial charge in [0.25, 0.3) is 0 Å². The Hall–Kier alpha value is -2.53. The van der Waals surface area contributed by atoms with E-state index in [1.807, 2.05) is 11.0 Å². The van der Waals surface area contributed by atoms with Gasteiger partial charge < -0.3 is 20.4 Å². The molecule has 2 heterocycles. The van der Waals surface area contributed by atoms with Crippen LogP contribution in [-0.2, 0) is 4.79 Å². The first-order valence-electron chi connectivity index (χ1n) is 10.5. The predicted octanol–water partition coefficient (Wildman–Crippen LogP) is 3.26. The van der Waals surface area contributed by atoms with Crippen molar-refractivity contribution in [2.75, 3.05) is 49.5 Å². The van der Waals surface area contributed by atoms with Gasteiger partial charge in [-0.25, -0.2) is 0 Å². The van der Waals surface area contributed by atoms with Crippen molar-refractivity contribution < 1.29 is 4.79 Å². The first-order valence-corrected chi connectivity index (χ1v) is 10.5. The normalized spacial score (nSPS) is 19.5. The summed E-state index contributed by atoms with van der Waals surface area (Å²) in [7, 11) is 0. The van der Waals surface area contributed by atoms with Gasteiger partial charge in [0.1, 0.15) is 0 Å². The number of anilines is 2. The SMILES string of the molecule is O=C(CCN[C@H]1CCCNc2ccccc21)N1CCN(c2ccccc2)CC1. The Labute approximate surface area is 167 Å². The summed E-state index contributed by atoms with van der Waals surface area (Å²) in [5.41, 5.74) is 3.79. The Bertz CT molecular complexity index is 771. The van der Waals surface area contributed by atoms with Crippen molar-refractivity contribution in [1.82, 2.24) is 10.2 Å². The van der Waals surface area contributed by atoms with Crippen LogP contribution in [0.2, 0.25) is 0 Å². The molecule has 2 aromatic carbocycles. The van der Waals surface area contributed by atoms with Crippen molar-refractivity contribution in [3.63, 3.8) is 0 Å². The van der Waals surface area contributed by atoms with Crippen LogP contribution < -0.4 is 15.5 Å². The molecule has 0 unspecified atom stereocenters. The molecule has 28 heavy (non-hydrogen) atoms.